The van der Waals surface area contributed by atoms with Gasteiger partial charge in [0.05, 0.1) is 11.3 Å². The van der Waals surface area contributed by atoms with E-state index in [1.165, 1.54) is 12.1 Å². The molecular weight excluding hydrogens is 256 g/mol. The van der Waals surface area contributed by atoms with Crippen LogP contribution in [0.4, 0.5) is 10.5 Å². The molecule has 1 aromatic rings. The Balaban J connectivity index is 2.91. The maximum atomic E-state index is 11.6. The molecular formula is C12H15ClN2O3. The van der Waals surface area contributed by atoms with Gasteiger partial charge in [0, 0.05) is 5.02 Å². The van der Waals surface area contributed by atoms with Crippen LogP contribution in [0.5, 0.6) is 0 Å². The number of halogens is 1. The van der Waals surface area contributed by atoms with E-state index < -0.39 is 17.6 Å². The van der Waals surface area contributed by atoms with Gasteiger partial charge >= 0.3 is 6.09 Å². The molecule has 0 saturated heterocycles. The van der Waals surface area contributed by atoms with Crippen LogP contribution in [0, 0.1) is 0 Å². The van der Waals surface area contributed by atoms with Gasteiger partial charge in [0.15, 0.2) is 0 Å². The van der Waals surface area contributed by atoms with Crippen LogP contribution in [-0.4, -0.2) is 17.6 Å². The van der Waals surface area contributed by atoms with Crippen molar-refractivity contribution < 1.29 is 14.3 Å². The zero-order valence-corrected chi connectivity index (χ0v) is 11.2. The van der Waals surface area contributed by atoms with E-state index in [4.69, 9.17) is 22.1 Å². The molecule has 0 aliphatic carbocycles. The number of anilines is 1. The molecule has 0 aliphatic rings. The molecule has 0 fully saturated rings. The number of ether oxygens (including phenoxy) is 1. The molecule has 2 amide bonds. The highest BCUT2D eigenvalue weighted by atomic mass is 35.5. The highest BCUT2D eigenvalue weighted by Crippen LogP contribution is 2.21. The number of hydrogen-bond donors (Lipinski definition) is 2. The third-order valence-electron chi connectivity index (χ3n) is 1.88. The molecule has 0 aromatic heterocycles. The second-order valence-electron chi connectivity index (χ2n) is 4.68. The van der Waals surface area contributed by atoms with E-state index in [0.29, 0.717) is 5.02 Å². The summed E-state index contributed by atoms with van der Waals surface area (Å²) in [6, 6.07) is 4.42. The third kappa shape index (κ3) is 4.25. The van der Waals surface area contributed by atoms with E-state index >= 15 is 0 Å². The quantitative estimate of drug-likeness (QED) is 0.867. The highest BCUT2D eigenvalue weighted by Gasteiger charge is 2.18. The Morgan fingerprint density at radius 3 is 2.44 bits per heavy atom. The number of primary amides is 1. The van der Waals surface area contributed by atoms with E-state index in [2.05, 4.69) is 5.32 Å². The SMILES string of the molecule is CC(C)(C)OC(=O)Nc1ccc(Cl)cc1C(N)=O. The molecule has 0 atom stereocenters. The standard InChI is InChI=1S/C12H15ClN2O3/c1-12(2,3)18-11(17)15-9-5-4-7(13)6-8(9)10(14)16/h4-6H,1-3H3,(H2,14,16)(H,15,17). The summed E-state index contributed by atoms with van der Waals surface area (Å²) in [6.45, 7) is 5.22. The maximum absolute atomic E-state index is 11.6. The molecule has 1 rings (SSSR count). The first kappa shape index (κ1) is 14.3. The van der Waals surface area contributed by atoms with E-state index in [1.54, 1.807) is 26.8 Å². The lowest BCUT2D eigenvalue weighted by molar-refractivity contribution is 0.0636. The van der Waals surface area contributed by atoms with Crippen molar-refractivity contribution in [3.05, 3.63) is 28.8 Å². The average molecular weight is 271 g/mol. The van der Waals surface area contributed by atoms with Crippen LogP contribution >= 0.6 is 11.6 Å². The van der Waals surface area contributed by atoms with Crippen LogP contribution in [0.3, 0.4) is 0 Å². The molecule has 18 heavy (non-hydrogen) atoms. The van der Waals surface area contributed by atoms with Crippen molar-refractivity contribution in [3.8, 4) is 0 Å². The van der Waals surface area contributed by atoms with Crippen molar-refractivity contribution in [2.45, 2.75) is 26.4 Å². The molecule has 0 heterocycles. The van der Waals surface area contributed by atoms with Crippen molar-refractivity contribution >= 4 is 29.3 Å². The Bertz CT molecular complexity index is 481. The van der Waals surface area contributed by atoms with Gasteiger partial charge in [0.25, 0.3) is 5.91 Å². The van der Waals surface area contributed by atoms with Gasteiger partial charge in [-0.15, -0.1) is 0 Å². The number of carbonyl (C=O) groups excluding carboxylic acids is 2. The van der Waals surface area contributed by atoms with Crippen molar-refractivity contribution in [2.75, 3.05) is 5.32 Å². The van der Waals surface area contributed by atoms with Gasteiger partial charge in [-0.2, -0.15) is 0 Å². The molecule has 5 nitrogen and oxygen atoms in total. The minimum Gasteiger partial charge on any atom is -0.444 e. The summed E-state index contributed by atoms with van der Waals surface area (Å²) in [5, 5.41) is 2.81. The summed E-state index contributed by atoms with van der Waals surface area (Å²) < 4.78 is 5.07. The molecule has 98 valence electrons. The smallest absolute Gasteiger partial charge is 0.412 e. The first-order valence-electron chi connectivity index (χ1n) is 5.28. The van der Waals surface area contributed by atoms with Crippen LogP contribution in [0.2, 0.25) is 5.02 Å². The minimum absolute atomic E-state index is 0.133. The predicted molar refractivity (Wildman–Crippen MR) is 69.8 cm³/mol. The van der Waals surface area contributed by atoms with Crippen LogP contribution < -0.4 is 11.1 Å². The summed E-state index contributed by atoms with van der Waals surface area (Å²) in [7, 11) is 0. The number of hydrogen-bond acceptors (Lipinski definition) is 3. The number of nitrogens with two attached hydrogens (primary N) is 1. The maximum Gasteiger partial charge on any atom is 0.412 e. The normalized spacial score (nSPS) is 10.9. The first-order chi connectivity index (χ1) is 8.19. The fourth-order valence-electron chi connectivity index (χ4n) is 1.24. The lowest BCUT2D eigenvalue weighted by Gasteiger charge is -2.20. The molecule has 1 aromatic carbocycles. The van der Waals surface area contributed by atoms with Gasteiger partial charge in [-0.1, -0.05) is 11.6 Å². The zero-order valence-electron chi connectivity index (χ0n) is 10.4. The summed E-state index contributed by atoms with van der Waals surface area (Å²) >= 11 is 5.75. The number of rotatable bonds is 2. The van der Waals surface area contributed by atoms with Crippen LogP contribution in [-0.2, 0) is 4.74 Å². The fourth-order valence-corrected chi connectivity index (χ4v) is 1.42. The minimum atomic E-state index is -0.677. The van der Waals surface area contributed by atoms with Crippen LogP contribution in [0.25, 0.3) is 0 Å². The number of carbonyl (C=O) groups is 2. The summed E-state index contributed by atoms with van der Waals surface area (Å²) in [5.74, 6) is -0.677. The summed E-state index contributed by atoms with van der Waals surface area (Å²) in [5.41, 5.74) is 4.97. The van der Waals surface area contributed by atoms with Crippen molar-refractivity contribution in [3.63, 3.8) is 0 Å². The largest absolute Gasteiger partial charge is 0.444 e. The van der Waals surface area contributed by atoms with Gasteiger partial charge in [-0.05, 0) is 39.0 Å². The van der Waals surface area contributed by atoms with E-state index in [-0.39, 0.29) is 11.3 Å². The second-order valence-corrected chi connectivity index (χ2v) is 5.12. The Morgan fingerprint density at radius 2 is 1.94 bits per heavy atom. The number of nitrogens with one attached hydrogen (secondary N) is 1. The van der Waals surface area contributed by atoms with Crippen molar-refractivity contribution in [1.29, 1.82) is 0 Å². The number of benzene rings is 1. The summed E-state index contributed by atoms with van der Waals surface area (Å²) in [4.78, 5) is 22.8. The van der Waals surface area contributed by atoms with Crippen molar-refractivity contribution in [2.24, 2.45) is 5.73 Å². The lowest BCUT2D eigenvalue weighted by atomic mass is 10.1. The predicted octanol–water partition coefficient (Wildman–Crippen LogP) is 2.79. The van der Waals surface area contributed by atoms with Crippen molar-refractivity contribution in [1.82, 2.24) is 0 Å². The monoisotopic (exact) mass is 270 g/mol. The third-order valence-corrected chi connectivity index (χ3v) is 2.12. The molecule has 3 N–H and O–H groups in total. The Morgan fingerprint density at radius 1 is 1.33 bits per heavy atom. The van der Waals surface area contributed by atoms with Gasteiger partial charge in [0.2, 0.25) is 0 Å². The van der Waals surface area contributed by atoms with Gasteiger partial charge in [-0.3, -0.25) is 10.1 Å². The molecule has 0 saturated carbocycles. The second kappa shape index (κ2) is 5.27. The van der Waals surface area contributed by atoms with E-state index in [0.717, 1.165) is 0 Å². The average Bonchev–Trinajstić information content (AvgIpc) is 2.17. The zero-order chi connectivity index (χ0) is 13.9. The van der Waals surface area contributed by atoms with Gasteiger partial charge < -0.3 is 10.5 Å². The lowest BCUT2D eigenvalue weighted by Crippen LogP contribution is -2.28. The van der Waals surface area contributed by atoms with Crippen LogP contribution in [0.15, 0.2) is 18.2 Å². The fraction of sp³-hybridized carbons (Fsp3) is 0.333. The number of amides is 2. The van der Waals surface area contributed by atoms with Gasteiger partial charge in [0.1, 0.15) is 5.60 Å². The Labute approximate surface area is 110 Å². The van der Waals surface area contributed by atoms with E-state index in [9.17, 15) is 9.59 Å². The van der Waals surface area contributed by atoms with E-state index in [1.807, 2.05) is 0 Å². The Hall–Kier alpha value is -1.75. The molecule has 0 radical (unpaired) electrons. The summed E-state index contributed by atoms with van der Waals surface area (Å²) in [6.07, 6.45) is -0.660. The molecule has 0 aliphatic heterocycles. The van der Waals surface area contributed by atoms with Gasteiger partial charge in [-0.25, -0.2) is 4.79 Å². The first-order valence-corrected chi connectivity index (χ1v) is 5.66. The highest BCUT2D eigenvalue weighted by molar-refractivity contribution is 6.31. The molecule has 0 unspecified atom stereocenters. The topological polar surface area (TPSA) is 81.4 Å². The molecule has 6 heteroatoms. The molecule has 0 bridgehead atoms. The van der Waals surface area contributed by atoms with Crippen LogP contribution in [0.1, 0.15) is 31.1 Å². The molecule has 0 spiro atoms. The Kier molecular flexibility index (Phi) is 4.19.